The number of alkyl halides is 1. The largest absolute Gasteiger partial charge is 0.481 e. The molecule has 13 heteroatoms. The summed E-state index contributed by atoms with van der Waals surface area (Å²) >= 11 is 3.07. The number of amides is 1. The number of halogens is 1. The smallest absolute Gasteiger partial charge is 0.351 e. The van der Waals surface area contributed by atoms with Gasteiger partial charge in [0.15, 0.2) is 6.23 Å². The standard InChI is InChI=1S/C15H18BrN3O9/c1-6(20)17-8-2-3-19(14(26)18-8)13-15(27,5-10(24)25)12(16)11(28-13)7(21)4-9(22)23/h2-3,7,11-13,21,27H,4-5H2,1H3,(H,22,23)(H,24,25)(H,17,18,20,26)/t7?,11-,12?,13-,15-/m1/s1. The second-order valence-corrected chi connectivity index (χ2v) is 7.25. The number of rotatable bonds is 7. The molecule has 1 aromatic heterocycles. The fraction of sp³-hybridized carbons (Fsp3) is 0.533. The van der Waals surface area contributed by atoms with Gasteiger partial charge in [0.05, 0.1) is 23.8 Å². The van der Waals surface area contributed by atoms with E-state index in [1.165, 1.54) is 13.0 Å². The lowest BCUT2D eigenvalue weighted by molar-refractivity contribution is -0.151. The van der Waals surface area contributed by atoms with Crippen LogP contribution in [0.15, 0.2) is 17.1 Å². The molecular formula is C15H18BrN3O9. The molecule has 2 unspecified atom stereocenters. The number of anilines is 1. The first-order chi connectivity index (χ1) is 13.0. The van der Waals surface area contributed by atoms with Gasteiger partial charge in [-0.25, -0.2) is 4.79 Å². The number of aliphatic hydroxyl groups is 2. The molecule has 2 heterocycles. The van der Waals surface area contributed by atoms with Gasteiger partial charge in [-0.1, -0.05) is 15.9 Å². The summed E-state index contributed by atoms with van der Waals surface area (Å²) in [5.74, 6) is -3.28. The van der Waals surface area contributed by atoms with Crippen molar-refractivity contribution in [2.24, 2.45) is 0 Å². The van der Waals surface area contributed by atoms with Crippen LogP contribution in [0.25, 0.3) is 0 Å². The van der Waals surface area contributed by atoms with Crippen LogP contribution in [0, 0.1) is 0 Å². The van der Waals surface area contributed by atoms with Crippen LogP contribution in [0.1, 0.15) is 26.0 Å². The fourth-order valence-corrected chi connectivity index (χ4v) is 3.78. The molecule has 0 aliphatic carbocycles. The second kappa shape index (κ2) is 8.34. The third-order valence-electron chi connectivity index (χ3n) is 4.06. The number of aromatic nitrogens is 2. The van der Waals surface area contributed by atoms with E-state index in [2.05, 4.69) is 26.2 Å². The first-order valence-corrected chi connectivity index (χ1v) is 8.87. The molecule has 1 aliphatic heterocycles. The lowest BCUT2D eigenvalue weighted by Crippen LogP contribution is -2.48. The summed E-state index contributed by atoms with van der Waals surface area (Å²) in [5, 5.41) is 41.4. The van der Waals surface area contributed by atoms with Gasteiger partial charge in [-0.05, 0) is 6.07 Å². The summed E-state index contributed by atoms with van der Waals surface area (Å²) in [4.78, 5) is 47.9. The van der Waals surface area contributed by atoms with E-state index in [-0.39, 0.29) is 5.82 Å². The van der Waals surface area contributed by atoms with Crippen LogP contribution in [0.3, 0.4) is 0 Å². The lowest BCUT2D eigenvalue weighted by Gasteiger charge is -2.30. The first-order valence-electron chi connectivity index (χ1n) is 7.96. The van der Waals surface area contributed by atoms with Gasteiger partial charge in [0.1, 0.15) is 17.5 Å². The normalized spacial score (nSPS) is 27.9. The Morgan fingerprint density at radius 2 is 2.04 bits per heavy atom. The molecule has 28 heavy (non-hydrogen) atoms. The summed E-state index contributed by atoms with van der Waals surface area (Å²) in [7, 11) is 0. The number of carbonyl (C=O) groups is 3. The van der Waals surface area contributed by atoms with E-state index >= 15 is 0 Å². The third-order valence-corrected chi connectivity index (χ3v) is 5.38. The summed E-state index contributed by atoms with van der Waals surface area (Å²) in [6.45, 7) is 1.21. The number of nitrogens with one attached hydrogen (secondary N) is 1. The Balaban J connectivity index is 2.44. The number of hydrogen-bond donors (Lipinski definition) is 5. The molecule has 2 rings (SSSR count). The number of nitrogens with zero attached hydrogens (tertiary/aromatic N) is 2. The Kier molecular flexibility index (Phi) is 6.54. The Morgan fingerprint density at radius 1 is 1.39 bits per heavy atom. The molecule has 0 saturated carbocycles. The second-order valence-electron chi connectivity index (χ2n) is 6.27. The topological polar surface area (TPSA) is 188 Å². The van der Waals surface area contributed by atoms with E-state index in [9.17, 15) is 29.4 Å². The van der Waals surface area contributed by atoms with Gasteiger partial charge < -0.3 is 30.5 Å². The highest BCUT2D eigenvalue weighted by Gasteiger charge is 2.58. The molecular weight excluding hydrogens is 446 g/mol. The van der Waals surface area contributed by atoms with E-state index in [0.717, 1.165) is 10.8 Å². The molecule has 0 aromatic carbocycles. The van der Waals surface area contributed by atoms with E-state index in [4.69, 9.17) is 14.9 Å². The van der Waals surface area contributed by atoms with Crippen molar-refractivity contribution in [3.63, 3.8) is 0 Å². The molecule has 5 N–H and O–H groups in total. The van der Waals surface area contributed by atoms with Crippen molar-refractivity contribution in [3.8, 4) is 0 Å². The minimum atomic E-state index is -2.21. The Bertz CT molecular complexity index is 844. The fourth-order valence-electron chi connectivity index (χ4n) is 2.91. The zero-order valence-corrected chi connectivity index (χ0v) is 16.1. The summed E-state index contributed by atoms with van der Waals surface area (Å²) in [5.41, 5.74) is -3.18. The number of hydrogen-bond acceptors (Lipinski definition) is 8. The molecule has 1 fully saturated rings. The zero-order chi connectivity index (χ0) is 21.2. The van der Waals surface area contributed by atoms with Gasteiger partial charge in [-0.15, -0.1) is 0 Å². The minimum Gasteiger partial charge on any atom is -0.481 e. The predicted molar refractivity (Wildman–Crippen MR) is 94.9 cm³/mol. The number of aliphatic hydroxyl groups excluding tert-OH is 1. The Labute approximate surface area is 165 Å². The molecule has 1 saturated heterocycles. The number of carbonyl (C=O) groups excluding carboxylic acids is 1. The van der Waals surface area contributed by atoms with Crippen molar-refractivity contribution >= 4 is 39.6 Å². The molecule has 5 atom stereocenters. The molecule has 12 nitrogen and oxygen atoms in total. The average Bonchev–Trinajstić information content (AvgIpc) is 2.78. The van der Waals surface area contributed by atoms with E-state index in [1.54, 1.807) is 0 Å². The van der Waals surface area contributed by atoms with Crippen LogP contribution in [0.4, 0.5) is 5.82 Å². The zero-order valence-electron chi connectivity index (χ0n) is 14.5. The van der Waals surface area contributed by atoms with Gasteiger partial charge in [0.25, 0.3) is 0 Å². The molecule has 0 bridgehead atoms. The van der Waals surface area contributed by atoms with E-state index in [0.29, 0.717) is 0 Å². The number of carboxylic acid groups (broad SMARTS) is 2. The van der Waals surface area contributed by atoms with Crippen molar-refractivity contribution in [1.29, 1.82) is 0 Å². The van der Waals surface area contributed by atoms with E-state index < -0.39 is 65.2 Å². The van der Waals surface area contributed by atoms with E-state index in [1.807, 2.05) is 0 Å². The minimum absolute atomic E-state index is 0.0635. The number of ether oxygens (including phenoxy) is 1. The Hall–Kier alpha value is -2.35. The SMILES string of the molecule is CC(=O)Nc1ccn([C@@H]2O[C@H](C(O)CC(=O)O)C(Br)[C@]2(O)CC(=O)O)c(=O)n1. The predicted octanol–water partition coefficient (Wildman–Crippen LogP) is -1.10. The van der Waals surface area contributed by atoms with Gasteiger partial charge in [-0.3, -0.25) is 19.0 Å². The van der Waals surface area contributed by atoms with Crippen molar-refractivity contribution in [2.75, 3.05) is 5.32 Å². The maximum atomic E-state index is 12.3. The van der Waals surface area contributed by atoms with Gasteiger partial charge in [0.2, 0.25) is 5.91 Å². The van der Waals surface area contributed by atoms with Crippen LogP contribution in [-0.4, -0.2) is 70.5 Å². The Morgan fingerprint density at radius 3 is 2.54 bits per heavy atom. The van der Waals surface area contributed by atoms with Crippen molar-refractivity contribution in [1.82, 2.24) is 9.55 Å². The van der Waals surface area contributed by atoms with Gasteiger partial charge in [-0.2, -0.15) is 4.98 Å². The van der Waals surface area contributed by atoms with Crippen LogP contribution in [0.2, 0.25) is 0 Å². The van der Waals surface area contributed by atoms with Crippen molar-refractivity contribution in [3.05, 3.63) is 22.7 Å². The molecule has 0 radical (unpaired) electrons. The lowest BCUT2D eigenvalue weighted by atomic mass is 9.91. The van der Waals surface area contributed by atoms with Crippen LogP contribution in [-0.2, 0) is 19.1 Å². The molecule has 0 spiro atoms. The quantitative estimate of drug-likeness (QED) is 0.310. The highest BCUT2D eigenvalue weighted by molar-refractivity contribution is 9.09. The van der Waals surface area contributed by atoms with Crippen LogP contribution in [0.5, 0.6) is 0 Å². The maximum absolute atomic E-state index is 12.3. The first kappa shape index (κ1) is 21.9. The summed E-state index contributed by atoms with van der Waals surface area (Å²) in [6, 6.07) is 1.23. The number of aliphatic carboxylic acids is 2. The highest BCUT2D eigenvalue weighted by Crippen LogP contribution is 2.45. The van der Waals surface area contributed by atoms with Crippen LogP contribution < -0.4 is 11.0 Å². The monoisotopic (exact) mass is 463 g/mol. The van der Waals surface area contributed by atoms with Crippen LogP contribution >= 0.6 is 15.9 Å². The van der Waals surface area contributed by atoms with Gasteiger partial charge in [0, 0.05) is 13.1 Å². The molecule has 1 aliphatic rings. The highest BCUT2D eigenvalue weighted by atomic mass is 79.9. The average molecular weight is 464 g/mol. The summed E-state index contributed by atoms with van der Waals surface area (Å²) in [6.07, 6.45) is -4.97. The van der Waals surface area contributed by atoms with Crippen molar-refractivity contribution in [2.45, 2.75) is 48.6 Å². The summed E-state index contributed by atoms with van der Waals surface area (Å²) < 4.78 is 6.30. The van der Waals surface area contributed by atoms with Gasteiger partial charge >= 0.3 is 17.6 Å². The molecule has 1 amide bonds. The molecule has 1 aromatic rings. The molecule has 154 valence electrons. The number of carboxylic acids is 2. The maximum Gasteiger partial charge on any atom is 0.351 e. The third kappa shape index (κ3) is 4.55. The van der Waals surface area contributed by atoms with Crippen molar-refractivity contribution < 1.29 is 39.5 Å².